The third kappa shape index (κ3) is 11.6. The van der Waals surface area contributed by atoms with E-state index in [1.54, 1.807) is 0 Å². The van der Waals surface area contributed by atoms with Gasteiger partial charge in [0.1, 0.15) is 0 Å². The van der Waals surface area contributed by atoms with Crippen LogP contribution in [-0.4, -0.2) is 37.5 Å². The summed E-state index contributed by atoms with van der Waals surface area (Å²) in [5.74, 6) is 1.52. The molecule has 0 spiro atoms. The summed E-state index contributed by atoms with van der Waals surface area (Å²) in [7, 11) is 0. The smallest absolute Gasteiger partial charge is 0.221 e. The highest BCUT2D eigenvalue weighted by Gasteiger charge is 2.03. The third-order valence-electron chi connectivity index (χ3n) is 2.41. The molecule has 19 heavy (non-hydrogen) atoms. The maximum atomic E-state index is 11.5. The Morgan fingerprint density at radius 1 is 1.16 bits per heavy atom. The van der Waals surface area contributed by atoms with Crippen LogP contribution in [0.5, 0.6) is 0 Å². The normalized spacial score (nSPS) is 11.8. The van der Waals surface area contributed by atoms with E-state index >= 15 is 0 Å². The first-order valence-electron chi connectivity index (χ1n) is 7.27. The van der Waals surface area contributed by atoms with E-state index in [4.69, 9.17) is 0 Å². The molecule has 5 heteroatoms. The Kier molecular flexibility index (Phi) is 9.94. The lowest BCUT2D eigenvalue weighted by atomic mass is 10.1. The zero-order chi connectivity index (χ0) is 14.7. The van der Waals surface area contributed by atoms with E-state index in [2.05, 4.69) is 34.8 Å². The lowest BCUT2D eigenvalue weighted by Gasteiger charge is -2.12. The van der Waals surface area contributed by atoms with Gasteiger partial charge in [-0.05, 0) is 33.1 Å². The second kappa shape index (κ2) is 10.6. The molecule has 1 amide bonds. The lowest BCUT2D eigenvalue weighted by molar-refractivity contribution is -0.121. The van der Waals surface area contributed by atoms with Crippen LogP contribution in [0.1, 0.15) is 47.5 Å². The van der Waals surface area contributed by atoms with Crippen molar-refractivity contribution in [2.45, 2.75) is 53.5 Å². The molecule has 0 bridgehead atoms. The fraction of sp³-hybridized carbons (Fsp3) is 0.857. The molecule has 3 N–H and O–H groups in total. The molecule has 0 rings (SSSR count). The van der Waals surface area contributed by atoms with Crippen molar-refractivity contribution in [3.8, 4) is 0 Å². The zero-order valence-corrected chi connectivity index (χ0v) is 13.0. The lowest BCUT2D eigenvalue weighted by Crippen LogP contribution is -2.40. The van der Waals surface area contributed by atoms with Gasteiger partial charge in [0.05, 0.1) is 0 Å². The highest BCUT2D eigenvalue weighted by atomic mass is 16.1. The third-order valence-corrected chi connectivity index (χ3v) is 2.41. The van der Waals surface area contributed by atoms with Gasteiger partial charge >= 0.3 is 0 Å². The average molecular weight is 270 g/mol. The number of carbonyl (C=O) groups is 1. The van der Waals surface area contributed by atoms with Crippen LogP contribution < -0.4 is 16.0 Å². The molecule has 0 saturated carbocycles. The predicted octanol–water partition coefficient (Wildman–Crippen LogP) is 1.50. The van der Waals surface area contributed by atoms with Gasteiger partial charge in [0.15, 0.2) is 5.96 Å². The molecule has 0 aliphatic rings. The van der Waals surface area contributed by atoms with Gasteiger partial charge in [0.25, 0.3) is 0 Å². The van der Waals surface area contributed by atoms with E-state index in [-0.39, 0.29) is 11.9 Å². The molecule has 0 heterocycles. The topological polar surface area (TPSA) is 65.5 Å². The number of amides is 1. The Labute approximate surface area is 117 Å². The van der Waals surface area contributed by atoms with E-state index in [0.29, 0.717) is 18.9 Å². The van der Waals surface area contributed by atoms with E-state index < -0.39 is 0 Å². The molecule has 0 atom stereocenters. The molecule has 0 aliphatic carbocycles. The summed E-state index contributed by atoms with van der Waals surface area (Å²) in [5, 5.41) is 9.22. The molecule has 0 aliphatic heterocycles. The Bertz CT molecular complexity index is 275. The van der Waals surface area contributed by atoms with Gasteiger partial charge in [0, 0.05) is 32.1 Å². The molecular weight excluding hydrogens is 240 g/mol. The molecule has 0 fully saturated rings. The Balaban J connectivity index is 3.96. The molecule has 0 unspecified atom stereocenters. The fourth-order valence-corrected chi connectivity index (χ4v) is 1.46. The van der Waals surface area contributed by atoms with Gasteiger partial charge in [-0.1, -0.05) is 13.8 Å². The zero-order valence-electron chi connectivity index (χ0n) is 13.0. The van der Waals surface area contributed by atoms with E-state index in [0.717, 1.165) is 25.5 Å². The molecule has 0 saturated heterocycles. The van der Waals surface area contributed by atoms with Crippen LogP contribution in [0.25, 0.3) is 0 Å². The number of carbonyl (C=O) groups excluding carboxylic acids is 1. The van der Waals surface area contributed by atoms with Crippen LogP contribution in [0.15, 0.2) is 4.99 Å². The predicted molar refractivity (Wildman–Crippen MR) is 81.3 cm³/mol. The van der Waals surface area contributed by atoms with E-state index in [1.165, 1.54) is 0 Å². The molecule has 5 nitrogen and oxygen atoms in total. The summed E-state index contributed by atoms with van der Waals surface area (Å²) < 4.78 is 0. The van der Waals surface area contributed by atoms with Crippen molar-refractivity contribution >= 4 is 11.9 Å². The summed E-state index contributed by atoms with van der Waals surface area (Å²) in [6, 6.07) is 0.195. The summed E-state index contributed by atoms with van der Waals surface area (Å²) in [4.78, 5) is 16.0. The SMILES string of the molecule is CCNC(=NCCC(C)C)NCCC(=O)NC(C)C. The van der Waals surface area contributed by atoms with Crippen molar-refractivity contribution in [2.24, 2.45) is 10.9 Å². The second-order valence-corrected chi connectivity index (χ2v) is 5.34. The minimum absolute atomic E-state index is 0.0699. The molecule has 0 radical (unpaired) electrons. The number of guanidine groups is 1. The highest BCUT2D eigenvalue weighted by molar-refractivity contribution is 5.81. The largest absolute Gasteiger partial charge is 0.357 e. The van der Waals surface area contributed by atoms with Gasteiger partial charge in [-0.25, -0.2) is 0 Å². The molecule has 0 aromatic rings. The van der Waals surface area contributed by atoms with Crippen LogP contribution in [-0.2, 0) is 4.79 Å². The number of aliphatic imine (C=N–C) groups is 1. The molecule has 0 aromatic carbocycles. The first-order valence-corrected chi connectivity index (χ1v) is 7.27. The van der Waals surface area contributed by atoms with Crippen molar-refractivity contribution in [1.29, 1.82) is 0 Å². The van der Waals surface area contributed by atoms with E-state index in [1.807, 2.05) is 20.8 Å². The maximum absolute atomic E-state index is 11.5. The minimum atomic E-state index is 0.0699. The molecular formula is C14H30N4O. The van der Waals surface area contributed by atoms with Gasteiger partial charge in [-0.15, -0.1) is 0 Å². The quantitative estimate of drug-likeness (QED) is 0.462. The number of rotatable bonds is 8. The first-order chi connectivity index (χ1) is 8.95. The summed E-state index contributed by atoms with van der Waals surface area (Å²) in [5.41, 5.74) is 0. The maximum Gasteiger partial charge on any atom is 0.221 e. The molecule has 112 valence electrons. The monoisotopic (exact) mass is 270 g/mol. The standard InChI is InChI=1S/C14H30N4O/c1-6-15-14(16-9-7-11(2)3)17-10-8-13(19)18-12(4)5/h11-12H,6-10H2,1-5H3,(H,18,19)(H2,15,16,17). The summed E-state index contributed by atoms with van der Waals surface area (Å²) in [6.07, 6.45) is 1.54. The van der Waals surface area contributed by atoms with Crippen LogP contribution in [0, 0.1) is 5.92 Å². The summed E-state index contributed by atoms with van der Waals surface area (Å²) in [6.45, 7) is 12.6. The first kappa shape index (κ1) is 17.7. The van der Waals surface area contributed by atoms with E-state index in [9.17, 15) is 4.79 Å². The highest BCUT2D eigenvalue weighted by Crippen LogP contribution is 1.98. The number of hydrogen-bond acceptors (Lipinski definition) is 2. The van der Waals surface area contributed by atoms with Crippen molar-refractivity contribution in [3.63, 3.8) is 0 Å². The van der Waals surface area contributed by atoms with Crippen molar-refractivity contribution in [1.82, 2.24) is 16.0 Å². The van der Waals surface area contributed by atoms with Crippen LogP contribution in [0.4, 0.5) is 0 Å². The molecule has 0 aromatic heterocycles. The minimum Gasteiger partial charge on any atom is -0.357 e. The van der Waals surface area contributed by atoms with Crippen molar-refractivity contribution in [3.05, 3.63) is 0 Å². The van der Waals surface area contributed by atoms with Crippen LogP contribution in [0.2, 0.25) is 0 Å². The number of nitrogens with zero attached hydrogens (tertiary/aromatic N) is 1. The average Bonchev–Trinajstić information content (AvgIpc) is 2.27. The Hall–Kier alpha value is -1.26. The van der Waals surface area contributed by atoms with Crippen molar-refractivity contribution < 1.29 is 4.79 Å². The van der Waals surface area contributed by atoms with Crippen molar-refractivity contribution in [2.75, 3.05) is 19.6 Å². The number of nitrogens with one attached hydrogen (secondary N) is 3. The van der Waals surface area contributed by atoms with Crippen LogP contribution in [0.3, 0.4) is 0 Å². The van der Waals surface area contributed by atoms with Gasteiger partial charge in [0.2, 0.25) is 5.91 Å². The Morgan fingerprint density at radius 3 is 2.37 bits per heavy atom. The Morgan fingerprint density at radius 2 is 1.84 bits per heavy atom. The van der Waals surface area contributed by atoms with Gasteiger partial charge in [-0.2, -0.15) is 0 Å². The summed E-state index contributed by atoms with van der Waals surface area (Å²) >= 11 is 0. The fourth-order valence-electron chi connectivity index (χ4n) is 1.46. The van der Waals surface area contributed by atoms with Crippen LogP contribution >= 0.6 is 0 Å². The second-order valence-electron chi connectivity index (χ2n) is 5.34. The number of hydrogen-bond donors (Lipinski definition) is 3. The van der Waals surface area contributed by atoms with Gasteiger partial charge < -0.3 is 16.0 Å². The van der Waals surface area contributed by atoms with Gasteiger partial charge in [-0.3, -0.25) is 9.79 Å².